The van der Waals surface area contributed by atoms with E-state index in [1.165, 1.54) is 0 Å². The van der Waals surface area contributed by atoms with Gasteiger partial charge in [-0.2, -0.15) is 10.5 Å². The first-order valence-electron chi connectivity index (χ1n) is 6.20. The Morgan fingerprint density at radius 2 is 1.56 bits per heavy atom. The van der Waals surface area contributed by atoms with Gasteiger partial charge >= 0.3 is 0 Å². The lowest BCUT2D eigenvalue weighted by Gasteiger charge is -2.32. The number of nitriles is 2. The van der Waals surface area contributed by atoms with Gasteiger partial charge in [0.05, 0.1) is 23.0 Å². The van der Waals surface area contributed by atoms with Gasteiger partial charge in [0.25, 0.3) is 0 Å². The molecule has 1 rings (SSSR count). The zero-order chi connectivity index (χ0) is 13.8. The number of nitrogens with zero attached hydrogens (tertiary/aromatic N) is 2. The Balaban J connectivity index is 3.15. The van der Waals surface area contributed by atoms with Gasteiger partial charge in [-0.05, 0) is 39.7 Å². The van der Waals surface area contributed by atoms with Gasteiger partial charge in [0.15, 0.2) is 0 Å². The van der Waals surface area contributed by atoms with Crippen LogP contribution >= 0.6 is 0 Å². The maximum atomic E-state index is 9.36. The number of benzene rings is 1. The SMILES string of the molecule is CC(C)(C#N)C[C@H](c1ccccc1)C(C)(C)C#N. The van der Waals surface area contributed by atoms with Crippen molar-refractivity contribution in [3.63, 3.8) is 0 Å². The molecule has 0 bridgehead atoms. The average molecular weight is 240 g/mol. The van der Waals surface area contributed by atoms with Crippen LogP contribution in [0.15, 0.2) is 30.3 Å². The maximum Gasteiger partial charge on any atom is 0.0690 e. The van der Waals surface area contributed by atoms with Gasteiger partial charge in [-0.3, -0.25) is 0 Å². The van der Waals surface area contributed by atoms with Gasteiger partial charge in [0.1, 0.15) is 0 Å². The quantitative estimate of drug-likeness (QED) is 0.789. The highest BCUT2D eigenvalue weighted by Gasteiger charge is 2.35. The zero-order valence-corrected chi connectivity index (χ0v) is 11.6. The summed E-state index contributed by atoms with van der Waals surface area (Å²) < 4.78 is 0. The normalized spacial score (nSPS) is 13.4. The average Bonchev–Trinajstić information content (AvgIpc) is 2.37. The number of hydrogen-bond donors (Lipinski definition) is 0. The molecule has 0 aliphatic rings. The molecule has 2 nitrogen and oxygen atoms in total. The van der Waals surface area contributed by atoms with Crippen molar-refractivity contribution < 1.29 is 0 Å². The second kappa shape index (κ2) is 5.23. The summed E-state index contributed by atoms with van der Waals surface area (Å²) in [6.07, 6.45) is 0.689. The van der Waals surface area contributed by atoms with Crippen molar-refractivity contribution in [1.82, 2.24) is 0 Å². The molecule has 0 heterocycles. The molecule has 0 amide bonds. The smallest absolute Gasteiger partial charge is 0.0690 e. The van der Waals surface area contributed by atoms with Gasteiger partial charge in [-0.25, -0.2) is 0 Å². The highest BCUT2D eigenvalue weighted by atomic mass is 14.4. The molecule has 1 aromatic rings. The van der Waals surface area contributed by atoms with E-state index < -0.39 is 10.8 Å². The van der Waals surface area contributed by atoms with Crippen LogP contribution in [-0.4, -0.2) is 0 Å². The van der Waals surface area contributed by atoms with Crippen molar-refractivity contribution in [2.45, 2.75) is 40.0 Å². The molecule has 0 aliphatic carbocycles. The summed E-state index contributed by atoms with van der Waals surface area (Å²) >= 11 is 0. The molecule has 18 heavy (non-hydrogen) atoms. The van der Waals surface area contributed by atoms with Crippen molar-refractivity contribution >= 4 is 0 Å². The van der Waals surface area contributed by atoms with E-state index in [1.807, 2.05) is 58.0 Å². The van der Waals surface area contributed by atoms with E-state index in [9.17, 15) is 10.5 Å². The highest BCUT2D eigenvalue weighted by Crippen LogP contribution is 2.42. The molecule has 0 spiro atoms. The van der Waals surface area contributed by atoms with Gasteiger partial charge in [-0.15, -0.1) is 0 Å². The fraction of sp³-hybridized carbons (Fsp3) is 0.500. The molecule has 0 N–H and O–H groups in total. The lowest BCUT2D eigenvalue weighted by Crippen LogP contribution is -2.25. The highest BCUT2D eigenvalue weighted by molar-refractivity contribution is 5.25. The van der Waals surface area contributed by atoms with Crippen molar-refractivity contribution in [3.05, 3.63) is 35.9 Å². The molecule has 2 heteroatoms. The number of rotatable bonds is 4. The minimum absolute atomic E-state index is 0.0679. The molecule has 1 aromatic carbocycles. The van der Waals surface area contributed by atoms with Gasteiger partial charge < -0.3 is 0 Å². The molecular formula is C16H20N2. The van der Waals surface area contributed by atoms with Crippen LogP contribution in [0, 0.1) is 33.5 Å². The molecule has 0 unspecified atom stereocenters. The predicted molar refractivity (Wildman–Crippen MR) is 72.6 cm³/mol. The van der Waals surface area contributed by atoms with E-state index in [0.717, 1.165) is 5.56 Å². The Morgan fingerprint density at radius 1 is 1.00 bits per heavy atom. The van der Waals surface area contributed by atoms with Crippen LogP contribution in [-0.2, 0) is 0 Å². The van der Waals surface area contributed by atoms with Crippen LogP contribution in [0.1, 0.15) is 45.6 Å². The van der Waals surface area contributed by atoms with E-state index in [2.05, 4.69) is 12.1 Å². The van der Waals surface area contributed by atoms with Crippen molar-refractivity contribution in [2.24, 2.45) is 10.8 Å². The molecule has 1 atom stereocenters. The second-order valence-electron chi connectivity index (χ2n) is 6.00. The van der Waals surface area contributed by atoms with Crippen LogP contribution < -0.4 is 0 Å². The summed E-state index contributed by atoms with van der Waals surface area (Å²) in [4.78, 5) is 0. The van der Waals surface area contributed by atoms with Crippen LogP contribution in [0.4, 0.5) is 0 Å². The molecule has 94 valence electrons. The Bertz CT molecular complexity index is 472. The number of hydrogen-bond acceptors (Lipinski definition) is 2. The monoisotopic (exact) mass is 240 g/mol. The lowest BCUT2D eigenvalue weighted by molar-refractivity contribution is 0.291. The second-order valence-corrected chi connectivity index (χ2v) is 6.00. The summed E-state index contributed by atoms with van der Waals surface area (Å²) in [5.41, 5.74) is 0.233. The third-order valence-electron chi connectivity index (χ3n) is 3.38. The molecular weight excluding hydrogens is 220 g/mol. The topological polar surface area (TPSA) is 47.6 Å². The van der Waals surface area contributed by atoms with E-state index in [4.69, 9.17) is 0 Å². The van der Waals surface area contributed by atoms with Crippen molar-refractivity contribution in [3.8, 4) is 12.1 Å². The Hall–Kier alpha value is -1.80. The van der Waals surface area contributed by atoms with Crippen LogP contribution in [0.25, 0.3) is 0 Å². The summed E-state index contributed by atoms with van der Waals surface area (Å²) in [6.45, 7) is 7.74. The maximum absolute atomic E-state index is 9.36. The summed E-state index contributed by atoms with van der Waals surface area (Å²) in [5.74, 6) is 0.0679. The Morgan fingerprint density at radius 3 is 2.00 bits per heavy atom. The van der Waals surface area contributed by atoms with Crippen LogP contribution in [0.2, 0.25) is 0 Å². The van der Waals surface area contributed by atoms with Crippen LogP contribution in [0.3, 0.4) is 0 Å². The van der Waals surface area contributed by atoms with Crippen molar-refractivity contribution in [1.29, 1.82) is 10.5 Å². The molecule has 0 saturated heterocycles. The first-order chi connectivity index (χ1) is 8.32. The molecule has 0 aromatic heterocycles. The fourth-order valence-electron chi connectivity index (χ4n) is 2.11. The van der Waals surface area contributed by atoms with Crippen molar-refractivity contribution in [2.75, 3.05) is 0 Å². The third kappa shape index (κ3) is 3.34. The first-order valence-corrected chi connectivity index (χ1v) is 6.20. The predicted octanol–water partition coefficient (Wildman–Crippen LogP) is 4.26. The summed E-state index contributed by atoms with van der Waals surface area (Å²) in [7, 11) is 0. The van der Waals surface area contributed by atoms with E-state index >= 15 is 0 Å². The van der Waals surface area contributed by atoms with Gasteiger partial charge in [0.2, 0.25) is 0 Å². The Labute approximate surface area is 110 Å². The van der Waals surface area contributed by atoms with E-state index in [0.29, 0.717) is 6.42 Å². The first kappa shape index (κ1) is 14.3. The minimum atomic E-state index is -0.477. The minimum Gasteiger partial charge on any atom is -0.198 e. The van der Waals surface area contributed by atoms with E-state index in [-0.39, 0.29) is 5.92 Å². The third-order valence-corrected chi connectivity index (χ3v) is 3.38. The van der Waals surface area contributed by atoms with Crippen LogP contribution in [0.5, 0.6) is 0 Å². The molecule has 0 saturated carbocycles. The summed E-state index contributed by atoms with van der Waals surface area (Å²) in [6, 6.07) is 14.7. The standard InChI is InChI=1S/C16H20N2/c1-15(2,11-17)10-14(16(3,4)12-18)13-8-6-5-7-9-13/h5-9,14H,10H2,1-4H3/t14-/m1/s1. The van der Waals surface area contributed by atoms with E-state index in [1.54, 1.807) is 0 Å². The largest absolute Gasteiger partial charge is 0.198 e. The van der Waals surface area contributed by atoms with Gasteiger partial charge in [-0.1, -0.05) is 30.3 Å². The fourth-order valence-corrected chi connectivity index (χ4v) is 2.11. The zero-order valence-electron chi connectivity index (χ0n) is 11.6. The molecule has 0 radical (unpaired) electrons. The summed E-state index contributed by atoms with van der Waals surface area (Å²) in [5, 5.41) is 18.6. The Kier molecular flexibility index (Phi) is 4.15. The molecule has 0 fully saturated rings. The lowest BCUT2D eigenvalue weighted by atomic mass is 9.69. The molecule has 0 aliphatic heterocycles. The van der Waals surface area contributed by atoms with Gasteiger partial charge in [0, 0.05) is 5.92 Å².